The van der Waals surface area contributed by atoms with E-state index < -0.39 is 5.97 Å². The third-order valence-corrected chi connectivity index (χ3v) is 4.13. The van der Waals surface area contributed by atoms with E-state index in [4.69, 9.17) is 5.11 Å². The second-order valence-electron chi connectivity index (χ2n) is 5.53. The van der Waals surface area contributed by atoms with Gasteiger partial charge in [-0.1, -0.05) is 30.3 Å². The summed E-state index contributed by atoms with van der Waals surface area (Å²) in [6.45, 7) is 3.43. The van der Waals surface area contributed by atoms with E-state index in [0.717, 1.165) is 6.42 Å². The summed E-state index contributed by atoms with van der Waals surface area (Å²) in [5.74, 6) is -1.17. The van der Waals surface area contributed by atoms with Crippen molar-refractivity contribution in [2.75, 3.05) is 19.6 Å². The van der Waals surface area contributed by atoms with E-state index in [-0.39, 0.29) is 24.4 Å². The van der Waals surface area contributed by atoms with Crippen LogP contribution in [-0.4, -0.2) is 47.6 Å². The minimum atomic E-state index is -0.769. The van der Waals surface area contributed by atoms with Crippen molar-refractivity contribution in [2.45, 2.75) is 25.8 Å². The Morgan fingerprint density at radius 3 is 2.67 bits per heavy atom. The maximum atomic E-state index is 11.9. The number of aliphatic carboxylic acids is 1. The highest BCUT2D eigenvalue weighted by Gasteiger charge is 2.36. The summed E-state index contributed by atoms with van der Waals surface area (Å²) in [6.07, 6.45) is 1.42. The molecule has 0 spiro atoms. The van der Waals surface area contributed by atoms with Gasteiger partial charge in [-0.2, -0.15) is 0 Å². The fraction of sp³-hybridized carbons (Fsp3) is 0.500. The van der Waals surface area contributed by atoms with Crippen LogP contribution in [-0.2, 0) is 16.0 Å². The van der Waals surface area contributed by atoms with Crippen molar-refractivity contribution in [1.82, 2.24) is 10.2 Å². The van der Waals surface area contributed by atoms with Crippen LogP contribution in [0.15, 0.2) is 30.3 Å². The molecule has 1 aromatic rings. The molecule has 2 unspecified atom stereocenters. The molecule has 21 heavy (non-hydrogen) atoms. The number of rotatable bonds is 6. The maximum Gasteiger partial charge on any atom is 0.308 e. The van der Waals surface area contributed by atoms with Crippen molar-refractivity contribution >= 4 is 11.9 Å². The van der Waals surface area contributed by atoms with Crippen LogP contribution in [0.25, 0.3) is 0 Å². The van der Waals surface area contributed by atoms with Gasteiger partial charge in [0.05, 0.1) is 12.5 Å². The predicted molar refractivity (Wildman–Crippen MR) is 79.9 cm³/mol. The Morgan fingerprint density at radius 2 is 2.05 bits per heavy atom. The van der Waals surface area contributed by atoms with Gasteiger partial charge >= 0.3 is 5.97 Å². The third-order valence-electron chi connectivity index (χ3n) is 4.13. The molecule has 1 aromatic carbocycles. The Kier molecular flexibility index (Phi) is 5.33. The van der Waals surface area contributed by atoms with E-state index in [9.17, 15) is 9.59 Å². The van der Waals surface area contributed by atoms with Crippen LogP contribution in [0, 0.1) is 5.92 Å². The van der Waals surface area contributed by atoms with Gasteiger partial charge in [-0.05, 0) is 31.9 Å². The minimum Gasteiger partial charge on any atom is -0.481 e. The van der Waals surface area contributed by atoms with Gasteiger partial charge in [-0.25, -0.2) is 0 Å². The van der Waals surface area contributed by atoms with Gasteiger partial charge in [0, 0.05) is 12.6 Å². The molecule has 0 aromatic heterocycles. The number of hydrogen-bond donors (Lipinski definition) is 2. The van der Waals surface area contributed by atoms with Crippen LogP contribution in [0.3, 0.4) is 0 Å². The van der Waals surface area contributed by atoms with Crippen molar-refractivity contribution in [3.8, 4) is 0 Å². The molecule has 5 nitrogen and oxygen atoms in total. The second kappa shape index (κ2) is 7.22. The number of nitrogens with one attached hydrogen (secondary N) is 1. The van der Waals surface area contributed by atoms with Crippen LogP contribution < -0.4 is 5.32 Å². The van der Waals surface area contributed by atoms with Gasteiger partial charge in [0.2, 0.25) is 5.91 Å². The van der Waals surface area contributed by atoms with Crippen molar-refractivity contribution in [3.05, 3.63) is 35.9 Å². The molecule has 0 saturated carbocycles. The molecular weight excluding hydrogens is 268 g/mol. The lowest BCUT2D eigenvalue weighted by Crippen LogP contribution is -2.41. The molecule has 1 amide bonds. The van der Waals surface area contributed by atoms with Crippen molar-refractivity contribution in [2.24, 2.45) is 5.92 Å². The summed E-state index contributed by atoms with van der Waals surface area (Å²) in [6, 6.07) is 9.92. The van der Waals surface area contributed by atoms with Crippen LogP contribution in [0.2, 0.25) is 0 Å². The third kappa shape index (κ3) is 4.29. The van der Waals surface area contributed by atoms with Crippen LogP contribution >= 0.6 is 0 Å². The first kappa shape index (κ1) is 15.5. The van der Waals surface area contributed by atoms with Crippen molar-refractivity contribution in [3.63, 3.8) is 0 Å². The molecule has 114 valence electrons. The largest absolute Gasteiger partial charge is 0.481 e. The van der Waals surface area contributed by atoms with E-state index in [2.05, 4.69) is 5.32 Å². The molecule has 0 aliphatic carbocycles. The number of carboxylic acids is 1. The molecule has 1 saturated heterocycles. The summed E-state index contributed by atoms with van der Waals surface area (Å²) in [5.41, 5.74) is 1.19. The normalized spacial score (nSPS) is 22.1. The van der Waals surface area contributed by atoms with E-state index in [1.165, 1.54) is 5.56 Å². The zero-order valence-electron chi connectivity index (χ0n) is 12.3. The Hall–Kier alpha value is -1.88. The number of benzene rings is 1. The summed E-state index contributed by atoms with van der Waals surface area (Å²) in [5, 5.41) is 12.0. The number of carbonyl (C=O) groups is 2. The van der Waals surface area contributed by atoms with Gasteiger partial charge in [-0.15, -0.1) is 0 Å². The number of nitrogens with zero attached hydrogens (tertiary/aromatic N) is 1. The fourth-order valence-corrected chi connectivity index (χ4v) is 2.79. The molecule has 0 radical (unpaired) electrons. The lowest BCUT2D eigenvalue weighted by Gasteiger charge is -2.22. The molecule has 5 heteroatoms. The van der Waals surface area contributed by atoms with Crippen LogP contribution in [0.1, 0.15) is 18.9 Å². The second-order valence-corrected chi connectivity index (χ2v) is 5.53. The monoisotopic (exact) mass is 290 g/mol. The predicted octanol–water partition coefficient (Wildman–Crippen LogP) is 1.14. The van der Waals surface area contributed by atoms with E-state index in [1.54, 1.807) is 0 Å². The molecule has 1 fully saturated rings. The molecule has 1 heterocycles. The van der Waals surface area contributed by atoms with Crippen molar-refractivity contribution in [1.29, 1.82) is 0 Å². The maximum absolute atomic E-state index is 11.9. The number of amides is 1. The first-order valence-corrected chi connectivity index (χ1v) is 7.35. The summed E-state index contributed by atoms with van der Waals surface area (Å²) < 4.78 is 0. The molecule has 1 aliphatic rings. The smallest absolute Gasteiger partial charge is 0.308 e. The van der Waals surface area contributed by atoms with E-state index in [1.807, 2.05) is 42.2 Å². The number of carboxylic acid groups (broad SMARTS) is 1. The quantitative estimate of drug-likeness (QED) is 0.824. The zero-order chi connectivity index (χ0) is 15.2. The molecule has 1 aliphatic heterocycles. The molecule has 2 atom stereocenters. The highest BCUT2D eigenvalue weighted by Crippen LogP contribution is 2.23. The number of carbonyl (C=O) groups excluding carboxylic acids is 1. The van der Waals surface area contributed by atoms with Crippen molar-refractivity contribution < 1.29 is 14.7 Å². The lowest BCUT2D eigenvalue weighted by atomic mass is 10.0. The number of hydrogen-bond acceptors (Lipinski definition) is 3. The first-order valence-electron chi connectivity index (χ1n) is 7.35. The first-order chi connectivity index (χ1) is 10.1. The topological polar surface area (TPSA) is 69.6 Å². The van der Waals surface area contributed by atoms with Crippen LogP contribution in [0.5, 0.6) is 0 Å². The average molecular weight is 290 g/mol. The van der Waals surface area contributed by atoms with E-state index >= 15 is 0 Å². The van der Waals surface area contributed by atoms with Gasteiger partial charge in [-0.3, -0.25) is 14.5 Å². The summed E-state index contributed by atoms with van der Waals surface area (Å²) in [7, 11) is 0. The SMILES string of the molecule is CC1C(C(=O)O)CCN1CC(=O)NCCc1ccccc1. The zero-order valence-corrected chi connectivity index (χ0v) is 12.3. The van der Waals surface area contributed by atoms with Gasteiger partial charge in [0.15, 0.2) is 0 Å². The molecule has 2 rings (SSSR count). The minimum absolute atomic E-state index is 0.0381. The average Bonchev–Trinajstić information content (AvgIpc) is 2.81. The summed E-state index contributed by atoms with van der Waals surface area (Å²) >= 11 is 0. The fourth-order valence-electron chi connectivity index (χ4n) is 2.79. The molecular formula is C16H22N2O3. The number of likely N-dealkylation sites (tertiary alicyclic amines) is 1. The standard InChI is InChI=1S/C16H22N2O3/c1-12-14(16(20)21)8-10-18(12)11-15(19)17-9-7-13-5-3-2-4-6-13/h2-6,12,14H,7-11H2,1H3,(H,17,19)(H,20,21). The Bertz CT molecular complexity index is 490. The van der Waals surface area contributed by atoms with E-state index in [0.29, 0.717) is 19.5 Å². The Balaban J connectivity index is 1.71. The highest BCUT2D eigenvalue weighted by atomic mass is 16.4. The molecule has 2 N–H and O–H groups in total. The van der Waals surface area contributed by atoms with Gasteiger partial charge < -0.3 is 10.4 Å². The summed E-state index contributed by atoms with van der Waals surface area (Å²) in [4.78, 5) is 24.9. The lowest BCUT2D eigenvalue weighted by molar-refractivity contribution is -0.142. The van der Waals surface area contributed by atoms with Gasteiger partial charge in [0.25, 0.3) is 0 Å². The van der Waals surface area contributed by atoms with Crippen LogP contribution in [0.4, 0.5) is 0 Å². The molecule has 0 bridgehead atoms. The van der Waals surface area contributed by atoms with Gasteiger partial charge in [0.1, 0.15) is 0 Å². The Labute approximate surface area is 125 Å². The highest BCUT2D eigenvalue weighted by molar-refractivity contribution is 5.78. The Morgan fingerprint density at radius 1 is 1.33 bits per heavy atom.